The van der Waals surface area contributed by atoms with Crippen molar-refractivity contribution in [2.75, 3.05) is 5.32 Å². The summed E-state index contributed by atoms with van der Waals surface area (Å²) in [4.78, 5) is 11.8. The summed E-state index contributed by atoms with van der Waals surface area (Å²) in [5.74, 6) is -0.253. The van der Waals surface area contributed by atoms with Crippen LogP contribution in [-0.4, -0.2) is 24.4 Å². The minimum atomic E-state index is -2.86. The van der Waals surface area contributed by atoms with Crippen LogP contribution in [0.3, 0.4) is 0 Å². The molecule has 1 aliphatic heterocycles. The Bertz CT molecular complexity index is 786. The van der Waals surface area contributed by atoms with Crippen LogP contribution in [0.25, 0.3) is 0 Å². The second kappa shape index (κ2) is 6.35. The molecule has 1 N–H and O–H groups in total. The highest BCUT2D eigenvalue weighted by molar-refractivity contribution is 6.53. The third-order valence-corrected chi connectivity index (χ3v) is 3.12. The first-order chi connectivity index (χ1) is 11.1. The van der Waals surface area contributed by atoms with Crippen LogP contribution in [-0.2, 0) is 4.79 Å². The summed E-state index contributed by atoms with van der Waals surface area (Å²) in [7, 11) is 0. The molecule has 2 aromatic carbocycles. The van der Waals surface area contributed by atoms with Gasteiger partial charge in [0.1, 0.15) is 5.75 Å². The van der Waals surface area contributed by atoms with Crippen LogP contribution in [0.4, 0.5) is 14.5 Å². The van der Waals surface area contributed by atoms with Crippen molar-refractivity contribution in [1.29, 1.82) is 0 Å². The van der Waals surface area contributed by atoms with Gasteiger partial charge < -0.3 is 10.1 Å². The Kier molecular flexibility index (Phi) is 4.09. The van der Waals surface area contributed by atoms with Gasteiger partial charge in [-0.1, -0.05) is 18.2 Å². The Balaban J connectivity index is 1.75. The lowest BCUT2D eigenvalue weighted by Gasteiger charge is -2.03. The van der Waals surface area contributed by atoms with E-state index in [1.807, 2.05) is 6.07 Å². The van der Waals surface area contributed by atoms with Crippen molar-refractivity contribution >= 4 is 23.5 Å². The zero-order chi connectivity index (χ0) is 16.2. The van der Waals surface area contributed by atoms with Crippen molar-refractivity contribution in [3.05, 3.63) is 59.7 Å². The topological polar surface area (TPSA) is 63.0 Å². The predicted octanol–water partition coefficient (Wildman–Crippen LogP) is 3.06. The maximum Gasteiger partial charge on any atom is 0.387 e. The molecule has 0 atom stereocenters. The largest absolute Gasteiger partial charge is 0.435 e. The highest BCUT2D eigenvalue weighted by Crippen LogP contribution is 2.22. The van der Waals surface area contributed by atoms with Crippen LogP contribution in [0.15, 0.2) is 58.7 Å². The monoisotopic (exact) mass is 315 g/mol. The number of nitrogens with zero attached hydrogens (tertiary/aromatic N) is 2. The number of amides is 1. The minimum Gasteiger partial charge on any atom is -0.435 e. The molecule has 116 valence electrons. The van der Waals surface area contributed by atoms with Crippen molar-refractivity contribution in [3.63, 3.8) is 0 Å². The fourth-order valence-corrected chi connectivity index (χ4v) is 2.09. The molecule has 3 rings (SSSR count). The standard InChI is InChI=1S/C16H11F2N3O2/c17-16(18)23-11-7-5-10(6-8-11)9-19-21-14-12-3-1-2-4-13(12)20-15(14)22/h1-9,16H,(H,20,21,22). The molecule has 1 amide bonds. The van der Waals surface area contributed by atoms with Crippen LogP contribution < -0.4 is 10.1 Å². The zero-order valence-electron chi connectivity index (χ0n) is 11.7. The number of hydrogen-bond donors (Lipinski definition) is 1. The zero-order valence-corrected chi connectivity index (χ0v) is 11.7. The summed E-state index contributed by atoms with van der Waals surface area (Å²) in [5, 5.41) is 10.5. The molecule has 0 radical (unpaired) electrons. The minimum absolute atomic E-state index is 0.0626. The third kappa shape index (κ3) is 3.39. The number of nitrogens with one attached hydrogen (secondary N) is 1. The molecule has 0 bridgehead atoms. The van der Waals surface area contributed by atoms with Gasteiger partial charge in [-0.3, -0.25) is 4.79 Å². The molecule has 0 fully saturated rings. The third-order valence-electron chi connectivity index (χ3n) is 3.12. The van der Waals surface area contributed by atoms with Crippen molar-refractivity contribution in [1.82, 2.24) is 0 Å². The molecular weight excluding hydrogens is 304 g/mol. The smallest absolute Gasteiger partial charge is 0.387 e. The van der Waals surface area contributed by atoms with E-state index < -0.39 is 6.61 Å². The lowest BCUT2D eigenvalue weighted by molar-refractivity contribution is -0.110. The summed E-state index contributed by atoms with van der Waals surface area (Å²) >= 11 is 0. The van der Waals surface area contributed by atoms with E-state index >= 15 is 0 Å². The highest BCUT2D eigenvalue weighted by atomic mass is 19.3. The first-order valence-corrected chi connectivity index (χ1v) is 6.70. The van der Waals surface area contributed by atoms with E-state index in [1.54, 1.807) is 30.3 Å². The number of ether oxygens (including phenoxy) is 1. The molecule has 1 aliphatic rings. The number of carbonyl (C=O) groups is 1. The van der Waals surface area contributed by atoms with Gasteiger partial charge in [0.15, 0.2) is 5.71 Å². The average Bonchev–Trinajstić information content (AvgIpc) is 2.84. The van der Waals surface area contributed by atoms with E-state index in [4.69, 9.17) is 0 Å². The van der Waals surface area contributed by atoms with Gasteiger partial charge in [-0.2, -0.15) is 13.9 Å². The van der Waals surface area contributed by atoms with Gasteiger partial charge in [0, 0.05) is 5.56 Å². The first kappa shape index (κ1) is 14.8. The number of carbonyl (C=O) groups excluding carboxylic acids is 1. The Morgan fingerprint density at radius 2 is 1.83 bits per heavy atom. The van der Waals surface area contributed by atoms with Crippen LogP contribution >= 0.6 is 0 Å². The van der Waals surface area contributed by atoms with Gasteiger partial charge in [-0.05, 0) is 35.9 Å². The van der Waals surface area contributed by atoms with Gasteiger partial charge in [0.2, 0.25) is 0 Å². The average molecular weight is 315 g/mol. The predicted molar refractivity (Wildman–Crippen MR) is 82.3 cm³/mol. The van der Waals surface area contributed by atoms with E-state index in [2.05, 4.69) is 20.3 Å². The van der Waals surface area contributed by atoms with Crippen molar-refractivity contribution < 1.29 is 18.3 Å². The van der Waals surface area contributed by atoms with Gasteiger partial charge in [-0.15, -0.1) is 5.10 Å². The molecule has 0 saturated carbocycles. The SMILES string of the molecule is O=C1Nc2ccccc2/C1=N/N=Cc1ccc(OC(F)F)cc1. The molecule has 0 saturated heterocycles. The van der Waals surface area contributed by atoms with Crippen LogP contribution in [0.5, 0.6) is 5.75 Å². The molecule has 23 heavy (non-hydrogen) atoms. The van der Waals surface area contributed by atoms with Gasteiger partial charge in [-0.25, -0.2) is 0 Å². The molecule has 0 aromatic heterocycles. The first-order valence-electron chi connectivity index (χ1n) is 6.70. The number of anilines is 1. The second-order valence-corrected chi connectivity index (χ2v) is 4.64. The maximum absolute atomic E-state index is 12.1. The Morgan fingerprint density at radius 3 is 2.57 bits per heavy atom. The number of alkyl halides is 2. The molecule has 0 aliphatic carbocycles. The molecule has 0 spiro atoms. The maximum atomic E-state index is 12.1. The lowest BCUT2D eigenvalue weighted by Crippen LogP contribution is -2.13. The molecular formula is C16H11F2N3O2. The molecule has 0 unspecified atom stereocenters. The number of hydrogen-bond acceptors (Lipinski definition) is 4. The normalized spacial score (nSPS) is 15.3. The number of para-hydroxylation sites is 1. The van der Waals surface area contributed by atoms with Gasteiger partial charge in [0.05, 0.1) is 11.9 Å². The molecule has 5 nitrogen and oxygen atoms in total. The molecule has 1 heterocycles. The summed E-state index contributed by atoms with van der Waals surface area (Å²) < 4.78 is 28.4. The fraction of sp³-hybridized carbons (Fsp3) is 0.0625. The van der Waals surface area contributed by atoms with Crippen molar-refractivity contribution in [2.24, 2.45) is 10.2 Å². The van der Waals surface area contributed by atoms with E-state index in [1.165, 1.54) is 18.3 Å². The lowest BCUT2D eigenvalue weighted by atomic mass is 10.1. The number of benzene rings is 2. The van der Waals surface area contributed by atoms with E-state index in [0.29, 0.717) is 16.8 Å². The van der Waals surface area contributed by atoms with Crippen molar-refractivity contribution in [3.8, 4) is 5.75 Å². The Hall–Kier alpha value is -3.09. The van der Waals surface area contributed by atoms with Gasteiger partial charge in [0.25, 0.3) is 5.91 Å². The van der Waals surface area contributed by atoms with Crippen LogP contribution in [0, 0.1) is 0 Å². The molecule has 7 heteroatoms. The van der Waals surface area contributed by atoms with Crippen LogP contribution in [0.2, 0.25) is 0 Å². The number of halogens is 2. The van der Waals surface area contributed by atoms with E-state index in [0.717, 1.165) is 0 Å². The molecule has 2 aromatic rings. The quantitative estimate of drug-likeness (QED) is 0.696. The fourth-order valence-electron chi connectivity index (χ4n) is 2.09. The summed E-state index contributed by atoms with van der Waals surface area (Å²) in [5.41, 5.74) is 2.26. The number of fused-ring (bicyclic) bond motifs is 1. The second-order valence-electron chi connectivity index (χ2n) is 4.64. The Morgan fingerprint density at radius 1 is 1.09 bits per heavy atom. The van der Waals surface area contributed by atoms with Crippen LogP contribution in [0.1, 0.15) is 11.1 Å². The van der Waals surface area contributed by atoms with Gasteiger partial charge >= 0.3 is 6.61 Å². The number of rotatable bonds is 4. The summed E-state index contributed by atoms with van der Waals surface area (Å²) in [6.45, 7) is -2.86. The van der Waals surface area contributed by atoms with E-state index in [-0.39, 0.29) is 17.4 Å². The summed E-state index contributed by atoms with van der Waals surface area (Å²) in [6, 6.07) is 13.1. The van der Waals surface area contributed by atoms with E-state index in [9.17, 15) is 13.6 Å². The highest BCUT2D eigenvalue weighted by Gasteiger charge is 2.25. The Labute approximate surface area is 130 Å². The summed E-state index contributed by atoms with van der Waals surface area (Å²) in [6.07, 6.45) is 1.42. The van der Waals surface area contributed by atoms with Crippen molar-refractivity contribution in [2.45, 2.75) is 6.61 Å².